The maximum absolute atomic E-state index is 11.6. The molecule has 0 aromatic carbocycles. The second-order valence-corrected chi connectivity index (χ2v) is 5.66. The number of carbonyl (C=O) groups is 1. The standard InChI is InChI=1S/C11H20NO2.Li/c1-10(2,3)14-9(13)12-7-6-11(4,5)8-12;/h7H,6,8H2,1-5H3;/q-1;+1. The fourth-order valence-electron chi connectivity index (χ4n) is 1.41. The number of hydrogen-bond donors (Lipinski definition) is 0. The Labute approximate surface area is 105 Å². The smallest absolute Gasteiger partial charge is 0.457 e. The second kappa shape index (κ2) is 4.80. The topological polar surface area (TPSA) is 29.5 Å². The molecule has 1 heterocycles. The van der Waals surface area contributed by atoms with Crippen molar-refractivity contribution in [2.45, 2.75) is 46.6 Å². The van der Waals surface area contributed by atoms with E-state index < -0.39 is 5.60 Å². The van der Waals surface area contributed by atoms with Gasteiger partial charge in [-0.3, -0.25) is 0 Å². The Morgan fingerprint density at radius 1 is 1.40 bits per heavy atom. The van der Waals surface area contributed by atoms with Crippen molar-refractivity contribution in [2.24, 2.45) is 5.41 Å². The van der Waals surface area contributed by atoms with Crippen molar-refractivity contribution in [3.05, 3.63) is 6.54 Å². The molecule has 0 saturated carbocycles. The van der Waals surface area contributed by atoms with Crippen LogP contribution in [-0.4, -0.2) is 23.1 Å². The number of hydrogen-bond acceptors (Lipinski definition) is 2. The first-order valence-electron chi connectivity index (χ1n) is 5.03. The summed E-state index contributed by atoms with van der Waals surface area (Å²) in [5.41, 5.74) is -0.214. The van der Waals surface area contributed by atoms with Gasteiger partial charge in [0.25, 0.3) is 0 Å². The molecule has 0 atom stereocenters. The van der Waals surface area contributed by atoms with Crippen molar-refractivity contribution < 1.29 is 28.4 Å². The second-order valence-electron chi connectivity index (χ2n) is 5.66. The summed E-state index contributed by atoms with van der Waals surface area (Å²) in [6, 6.07) is 0. The first-order valence-corrected chi connectivity index (χ1v) is 5.03. The van der Waals surface area contributed by atoms with E-state index >= 15 is 0 Å². The average molecular weight is 205 g/mol. The quantitative estimate of drug-likeness (QED) is 0.405. The summed E-state index contributed by atoms with van der Waals surface area (Å²) in [5.74, 6) is 0. The molecule has 0 spiro atoms. The Morgan fingerprint density at radius 3 is 2.27 bits per heavy atom. The van der Waals surface area contributed by atoms with Crippen molar-refractivity contribution in [2.75, 3.05) is 6.54 Å². The Bertz CT molecular complexity index is 233. The number of carbonyl (C=O) groups excluding carboxylic acids is 1. The maximum Gasteiger partial charge on any atom is 1.00 e. The summed E-state index contributed by atoms with van der Waals surface area (Å²) in [6.07, 6.45) is 0.703. The summed E-state index contributed by atoms with van der Waals surface area (Å²) in [6.45, 7) is 12.6. The zero-order valence-corrected chi connectivity index (χ0v) is 10.8. The van der Waals surface area contributed by atoms with Crippen LogP contribution < -0.4 is 18.9 Å². The summed E-state index contributed by atoms with van der Waals surface area (Å²) in [4.78, 5) is 13.3. The minimum Gasteiger partial charge on any atom is -0.457 e. The summed E-state index contributed by atoms with van der Waals surface area (Å²) >= 11 is 0. The van der Waals surface area contributed by atoms with Gasteiger partial charge < -0.3 is 9.64 Å². The van der Waals surface area contributed by atoms with Crippen molar-refractivity contribution in [1.82, 2.24) is 4.90 Å². The van der Waals surface area contributed by atoms with Gasteiger partial charge in [-0.05, 0) is 32.7 Å². The van der Waals surface area contributed by atoms with Crippen LogP contribution in [0.25, 0.3) is 0 Å². The maximum atomic E-state index is 11.6. The van der Waals surface area contributed by atoms with E-state index in [9.17, 15) is 4.79 Å². The molecule has 0 aromatic heterocycles. The first kappa shape index (κ1) is 14.9. The molecule has 1 aliphatic rings. The predicted octanol–water partition coefficient (Wildman–Crippen LogP) is -0.181. The van der Waals surface area contributed by atoms with Crippen LogP contribution in [0.15, 0.2) is 0 Å². The van der Waals surface area contributed by atoms with Crippen LogP contribution in [0.5, 0.6) is 0 Å². The van der Waals surface area contributed by atoms with Gasteiger partial charge in [0.1, 0.15) is 5.60 Å². The zero-order valence-electron chi connectivity index (χ0n) is 10.8. The molecule has 0 N–H and O–H groups in total. The number of amides is 1. The normalized spacial score (nSPS) is 19.7. The van der Waals surface area contributed by atoms with Crippen LogP contribution in [0.3, 0.4) is 0 Å². The molecule has 1 rings (SSSR count). The van der Waals surface area contributed by atoms with Crippen LogP contribution in [0.1, 0.15) is 41.0 Å². The SMILES string of the molecule is CC1(C)C[CH-]N(C(=O)OC(C)(C)C)C1.[Li+]. The van der Waals surface area contributed by atoms with Crippen molar-refractivity contribution in [3.8, 4) is 0 Å². The molecule has 0 unspecified atom stereocenters. The molecule has 3 nitrogen and oxygen atoms in total. The number of ether oxygens (including phenoxy) is 1. The molecule has 15 heavy (non-hydrogen) atoms. The zero-order chi connectivity index (χ0) is 11.0. The predicted molar refractivity (Wildman–Crippen MR) is 55.6 cm³/mol. The van der Waals surface area contributed by atoms with Crippen LogP contribution >= 0.6 is 0 Å². The summed E-state index contributed by atoms with van der Waals surface area (Å²) in [5, 5.41) is 0. The van der Waals surface area contributed by atoms with Crippen LogP contribution in [-0.2, 0) is 4.74 Å². The Hall–Kier alpha value is -0.133. The molecule has 0 bridgehead atoms. The molecule has 0 aromatic rings. The largest absolute Gasteiger partial charge is 1.00 e. The van der Waals surface area contributed by atoms with Gasteiger partial charge >= 0.3 is 25.0 Å². The Kier molecular flexibility index (Phi) is 4.76. The van der Waals surface area contributed by atoms with E-state index in [1.165, 1.54) is 0 Å². The molecular formula is C11H20LiNO2. The van der Waals surface area contributed by atoms with E-state index in [4.69, 9.17) is 4.74 Å². The van der Waals surface area contributed by atoms with E-state index in [0.29, 0.717) is 0 Å². The minimum absolute atomic E-state index is 0. The molecule has 1 fully saturated rings. The van der Waals surface area contributed by atoms with Crippen LogP contribution in [0.2, 0.25) is 0 Å². The van der Waals surface area contributed by atoms with Gasteiger partial charge in [0.15, 0.2) is 0 Å². The van der Waals surface area contributed by atoms with Gasteiger partial charge in [0, 0.05) is 0 Å². The molecule has 1 saturated heterocycles. The third kappa shape index (κ3) is 4.95. The third-order valence-corrected chi connectivity index (χ3v) is 2.09. The Morgan fingerprint density at radius 2 is 1.93 bits per heavy atom. The van der Waals surface area contributed by atoms with Crippen molar-refractivity contribution in [3.63, 3.8) is 0 Å². The van der Waals surface area contributed by atoms with Gasteiger partial charge in [-0.15, -0.1) is 0 Å². The van der Waals surface area contributed by atoms with Crippen molar-refractivity contribution in [1.29, 1.82) is 0 Å². The average Bonchev–Trinajstić information content (AvgIpc) is 2.26. The molecule has 0 radical (unpaired) electrons. The van der Waals surface area contributed by atoms with E-state index in [1.807, 2.05) is 27.3 Å². The van der Waals surface area contributed by atoms with Crippen LogP contribution in [0, 0.1) is 12.0 Å². The summed E-state index contributed by atoms with van der Waals surface area (Å²) in [7, 11) is 0. The van der Waals surface area contributed by atoms with E-state index in [-0.39, 0.29) is 30.4 Å². The van der Waals surface area contributed by atoms with Gasteiger partial charge in [0.05, 0.1) is 0 Å². The van der Waals surface area contributed by atoms with Gasteiger partial charge in [-0.25, -0.2) is 11.3 Å². The fourth-order valence-corrected chi connectivity index (χ4v) is 1.41. The van der Waals surface area contributed by atoms with E-state index in [0.717, 1.165) is 13.0 Å². The Balaban J connectivity index is 0.00000196. The molecule has 1 aliphatic heterocycles. The molecule has 82 valence electrons. The fraction of sp³-hybridized carbons (Fsp3) is 0.818. The summed E-state index contributed by atoms with van der Waals surface area (Å²) < 4.78 is 5.27. The molecule has 1 amide bonds. The molecule has 0 aliphatic carbocycles. The first-order chi connectivity index (χ1) is 6.20. The number of likely N-dealkylation sites (tertiary alicyclic amines) is 1. The minimum atomic E-state index is -0.405. The van der Waals surface area contributed by atoms with E-state index in [1.54, 1.807) is 4.90 Å². The van der Waals surface area contributed by atoms with E-state index in [2.05, 4.69) is 13.8 Å². The van der Waals surface area contributed by atoms with Crippen molar-refractivity contribution >= 4 is 6.09 Å². The monoisotopic (exact) mass is 205 g/mol. The number of nitrogens with zero attached hydrogens (tertiary/aromatic N) is 1. The molecular weight excluding hydrogens is 185 g/mol. The van der Waals surface area contributed by atoms with Gasteiger partial charge in [-0.1, -0.05) is 13.8 Å². The van der Waals surface area contributed by atoms with Gasteiger partial charge in [0.2, 0.25) is 0 Å². The number of rotatable bonds is 0. The molecule has 4 heteroatoms. The van der Waals surface area contributed by atoms with Crippen LogP contribution in [0.4, 0.5) is 4.79 Å². The van der Waals surface area contributed by atoms with Gasteiger partial charge in [-0.2, -0.15) is 6.42 Å². The third-order valence-electron chi connectivity index (χ3n) is 2.09.